The summed E-state index contributed by atoms with van der Waals surface area (Å²) < 4.78 is 51.2. The van der Waals surface area contributed by atoms with E-state index in [1.807, 2.05) is 62.1 Å². The molecule has 1 saturated carbocycles. The molecule has 4 aromatic rings. The van der Waals surface area contributed by atoms with Crippen molar-refractivity contribution >= 4 is 36.1 Å². The smallest absolute Gasteiger partial charge is 0.262 e. The van der Waals surface area contributed by atoms with Crippen LogP contribution >= 0.6 is 0 Å². The molecule has 3 atom stereocenters. The third-order valence-electron chi connectivity index (χ3n) is 9.41. The molecule has 0 unspecified atom stereocenters. The van der Waals surface area contributed by atoms with E-state index in [0.717, 1.165) is 22.9 Å². The predicted octanol–water partition coefficient (Wildman–Crippen LogP) is 7.55. The first-order valence-corrected chi connectivity index (χ1v) is 18.1. The van der Waals surface area contributed by atoms with Gasteiger partial charge in [0.25, 0.3) is 14.2 Å². The summed E-state index contributed by atoms with van der Waals surface area (Å²) in [6.45, 7) is 13.1. The van der Waals surface area contributed by atoms with Gasteiger partial charge in [0.1, 0.15) is 17.7 Å². The Kier molecular flexibility index (Phi) is 8.59. The lowest BCUT2D eigenvalue weighted by Gasteiger charge is -2.47. The number of fused-ring (bicyclic) bond motifs is 3. The largest absolute Gasteiger partial charge is 0.395 e. The molecule has 2 aliphatic rings. The number of nitrogens with zero attached hydrogens (tertiary/aromatic N) is 2. The van der Waals surface area contributed by atoms with E-state index >= 15 is 4.39 Å². The fraction of sp³-hybridized carbons (Fsp3) is 0.368. The lowest BCUT2D eigenvalue weighted by atomic mass is 9.88. The van der Waals surface area contributed by atoms with Crippen molar-refractivity contribution in [1.82, 2.24) is 4.98 Å². The topological polar surface area (TPSA) is 54.5 Å². The maximum Gasteiger partial charge on any atom is 0.262 e. The highest BCUT2D eigenvalue weighted by Crippen LogP contribution is 2.54. The molecule has 3 aromatic carbocycles. The zero-order valence-corrected chi connectivity index (χ0v) is 28.8. The summed E-state index contributed by atoms with van der Waals surface area (Å²) in [7, 11) is -3.13. The minimum atomic E-state index is -3.13. The van der Waals surface area contributed by atoms with E-state index < -0.39 is 43.2 Å². The van der Waals surface area contributed by atoms with Gasteiger partial charge in [0.2, 0.25) is 0 Å². The zero-order chi connectivity index (χ0) is 33.7. The van der Waals surface area contributed by atoms with Crippen molar-refractivity contribution in [3.05, 3.63) is 114 Å². The lowest BCUT2D eigenvalue weighted by molar-refractivity contribution is -0.127. The van der Waals surface area contributed by atoms with E-state index in [9.17, 15) is 13.6 Å². The summed E-state index contributed by atoms with van der Waals surface area (Å²) >= 11 is 0. The number of aromatic nitrogens is 1. The number of hydrogen-bond donors (Lipinski definition) is 1. The molecule has 6 rings (SSSR count). The molecule has 1 fully saturated rings. The Hall–Kier alpha value is -3.95. The number of pyridine rings is 1. The Morgan fingerprint density at radius 2 is 1.53 bits per heavy atom. The van der Waals surface area contributed by atoms with Crippen LogP contribution in [0.15, 0.2) is 84.9 Å². The van der Waals surface area contributed by atoms with Crippen molar-refractivity contribution in [2.45, 2.75) is 71.6 Å². The Morgan fingerprint density at radius 1 is 0.915 bits per heavy atom. The van der Waals surface area contributed by atoms with Gasteiger partial charge in [-0.3, -0.25) is 4.79 Å². The minimum absolute atomic E-state index is 0.141. The van der Waals surface area contributed by atoms with Gasteiger partial charge in [-0.05, 0) is 39.2 Å². The minimum Gasteiger partial charge on any atom is -0.395 e. The summed E-state index contributed by atoms with van der Waals surface area (Å²) in [6.07, 6.45) is -0.0686. The molecule has 0 radical (unpaired) electrons. The molecule has 0 spiro atoms. The zero-order valence-electron chi connectivity index (χ0n) is 27.8. The Bertz CT molecular complexity index is 1730. The molecule has 9 heteroatoms. The van der Waals surface area contributed by atoms with Crippen LogP contribution in [0.1, 0.15) is 65.1 Å². The summed E-state index contributed by atoms with van der Waals surface area (Å²) in [6, 6.07) is 25.1. The Labute approximate surface area is 276 Å². The summed E-state index contributed by atoms with van der Waals surface area (Å²) in [4.78, 5) is 20.9. The average Bonchev–Trinajstić information content (AvgIpc) is 3.79. The third kappa shape index (κ3) is 6.35. The number of hydrogen-bond acceptors (Lipinski definition) is 4. The number of anilines is 2. The van der Waals surface area contributed by atoms with Crippen LogP contribution in [0.2, 0.25) is 5.04 Å². The van der Waals surface area contributed by atoms with Gasteiger partial charge in [-0.15, -0.1) is 0 Å². The van der Waals surface area contributed by atoms with Crippen molar-refractivity contribution in [3.8, 4) is 0 Å². The molecular formula is C38H42F3N3O2Si. The van der Waals surface area contributed by atoms with Crippen LogP contribution in [0, 0.1) is 28.8 Å². The van der Waals surface area contributed by atoms with Crippen molar-refractivity contribution in [2.75, 3.05) is 16.8 Å². The van der Waals surface area contributed by atoms with Crippen molar-refractivity contribution in [1.29, 1.82) is 0 Å². The fourth-order valence-corrected chi connectivity index (χ4v) is 11.8. The number of halogens is 3. The molecular weight excluding hydrogens is 616 g/mol. The van der Waals surface area contributed by atoms with E-state index in [4.69, 9.17) is 4.43 Å². The molecule has 47 heavy (non-hydrogen) atoms. The highest BCUT2D eigenvalue weighted by Gasteiger charge is 2.54. The van der Waals surface area contributed by atoms with Crippen LogP contribution in [-0.4, -0.2) is 31.9 Å². The molecule has 246 valence electrons. The van der Waals surface area contributed by atoms with E-state index in [1.54, 1.807) is 0 Å². The lowest BCUT2D eigenvalue weighted by Crippen LogP contribution is -2.69. The highest BCUT2D eigenvalue weighted by molar-refractivity contribution is 6.99. The van der Waals surface area contributed by atoms with E-state index in [2.05, 4.69) is 55.3 Å². The number of carbonyl (C=O) groups excluding carboxylic acids is 1. The maximum absolute atomic E-state index is 15.9. The number of nitrogens with one attached hydrogen (secondary N) is 1. The van der Waals surface area contributed by atoms with E-state index in [0.29, 0.717) is 29.4 Å². The number of rotatable bonds is 8. The molecule has 0 bridgehead atoms. The monoisotopic (exact) mass is 657 g/mol. The van der Waals surface area contributed by atoms with Crippen LogP contribution in [-0.2, 0) is 15.8 Å². The molecule has 1 aliphatic heterocycles. The van der Waals surface area contributed by atoms with Gasteiger partial charge in [-0.25, -0.2) is 18.2 Å². The fourth-order valence-electron chi connectivity index (χ4n) is 6.95. The number of amides is 1. The highest BCUT2D eigenvalue weighted by atomic mass is 28.4. The van der Waals surface area contributed by atoms with Gasteiger partial charge in [-0.1, -0.05) is 108 Å². The molecule has 2 heterocycles. The molecule has 5 nitrogen and oxygen atoms in total. The van der Waals surface area contributed by atoms with Crippen molar-refractivity contribution < 1.29 is 22.4 Å². The summed E-state index contributed by atoms with van der Waals surface area (Å²) in [5.41, 5.74) is 0.918. The van der Waals surface area contributed by atoms with Gasteiger partial charge >= 0.3 is 0 Å². The molecule has 1 amide bonds. The van der Waals surface area contributed by atoms with Crippen LogP contribution in [0.3, 0.4) is 0 Å². The standard InChI is InChI=1S/C38H42F3N3O2Si/c1-37(2,3)34(46-47(38(4,5)6,27-13-9-7-10-14-27)28-15-11-8-12-16-28)36(45)43-35-31(41)21-32-33(42-35)29-19-25(29)23-44(32)22-24-17-18-26(39)20-30(24)40/h7-18,20-21,25,29,34H,19,22-23H2,1-6H3,(H,42,43,45)/t25-,29-,34-/m0/s1. The Balaban J connectivity index is 1.35. The van der Waals surface area contributed by atoms with Gasteiger partial charge in [-0.2, -0.15) is 0 Å². The van der Waals surface area contributed by atoms with Gasteiger partial charge in [0, 0.05) is 36.7 Å². The van der Waals surface area contributed by atoms with Crippen LogP contribution < -0.4 is 20.6 Å². The molecule has 0 saturated heterocycles. The first kappa shape index (κ1) is 33.0. The Morgan fingerprint density at radius 3 is 2.09 bits per heavy atom. The van der Waals surface area contributed by atoms with Crippen molar-refractivity contribution in [3.63, 3.8) is 0 Å². The molecule has 1 aromatic heterocycles. The summed E-state index contributed by atoms with van der Waals surface area (Å²) in [5.74, 6) is -2.14. The maximum atomic E-state index is 15.9. The second-order valence-corrected chi connectivity index (χ2v) is 19.2. The van der Waals surface area contributed by atoms with E-state index in [1.165, 1.54) is 18.2 Å². The molecule has 1 aliphatic carbocycles. The number of carbonyl (C=O) groups is 1. The van der Waals surface area contributed by atoms with Crippen LogP contribution in [0.4, 0.5) is 24.7 Å². The van der Waals surface area contributed by atoms with Gasteiger partial charge in [0.15, 0.2) is 11.6 Å². The first-order chi connectivity index (χ1) is 22.2. The predicted molar refractivity (Wildman–Crippen MR) is 183 cm³/mol. The quantitative estimate of drug-likeness (QED) is 0.199. The van der Waals surface area contributed by atoms with Crippen molar-refractivity contribution in [2.24, 2.45) is 11.3 Å². The normalized spacial score (nSPS) is 18.3. The molecule has 1 N–H and O–H groups in total. The van der Waals surface area contributed by atoms with Gasteiger partial charge in [0.05, 0.1) is 11.4 Å². The van der Waals surface area contributed by atoms with E-state index in [-0.39, 0.29) is 23.3 Å². The van der Waals surface area contributed by atoms with Crippen LogP contribution in [0.5, 0.6) is 0 Å². The second kappa shape index (κ2) is 12.2. The third-order valence-corrected chi connectivity index (χ3v) is 14.4. The van der Waals surface area contributed by atoms with Gasteiger partial charge < -0.3 is 14.6 Å². The second-order valence-electron chi connectivity index (χ2n) is 15.0. The first-order valence-electron chi connectivity index (χ1n) is 16.2. The number of benzene rings is 3. The van der Waals surface area contributed by atoms with Crippen LogP contribution in [0.25, 0.3) is 0 Å². The summed E-state index contributed by atoms with van der Waals surface area (Å²) in [5, 5.41) is 4.52. The SMILES string of the molecule is CC(C)(C)[C@@H](O[Si](c1ccccc1)(c1ccccc1)C(C)(C)C)C(=O)Nc1nc2c(cc1F)N(Cc1ccc(F)cc1F)C[C@@H]1C[C@H]21. The average molecular weight is 658 g/mol.